The first kappa shape index (κ1) is 15.0. The van der Waals surface area contributed by atoms with Gasteiger partial charge in [0, 0.05) is 12.1 Å². The highest BCUT2D eigenvalue weighted by Gasteiger charge is 2.43. The second-order valence-electron chi connectivity index (χ2n) is 7.24. The van der Waals surface area contributed by atoms with E-state index < -0.39 is 11.6 Å². The monoisotopic (exact) mass is 275 g/mol. The smallest absolute Gasteiger partial charge is 0.254 e. The first-order valence-electron chi connectivity index (χ1n) is 7.24. The zero-order chi connectivity index (χ0) is 15.1. The third-order valence-electron chi connectivity index (χ3n) is 4.38. The summed E-state index contributed by atoms with van der Waals surface area (Å²) in [7, 11) is 0. The van der Waals surface area contributed by atoms with Crippen molar-refractivity contribution in [1.29, 1.82) is 0 Å². The summed E-state index contributed by atoms with van der Waals surface area (Å²) in [4.78, 5) is 14.4. The number of amides is 1. The molecule has 1 N–H and O–H groups in total. The van der Waals surface area contributed by atoms with Gasteiger partial charge in [-0.15, -0.1) is 0 Å². The van der Waals surface area contributed by atoms with E-state index in [0.29, 0.717) is 18.5 Å². The van der Waals surface area contributed by atoms with Crippen molar-refractivity contribution in [3.05, 3.63) is 35.4 Å². The van der Waals surface area contributed by atoms with Gasteiger partial charge in [0.25, 0.3) is 5.91 Å². The number of hydrogen-bond acceptors (Lipinski definition) is 2. The van der Waals surface area contributed by atoms with Crippen molar-refractivity contribution in [3.8, 4) is 0 Å². The summed E-state index contributed by atoms with van der Waals surface area (Å²) in [5, 5.41) is 9.98. The third-order valence-corrected chi connectivity index (χ3v) is 4.38. The van der Waals surface area contributed by atoms with Gasteiger partial charge in [-0.1, -0.05) is 32.9 Å². The fourth-order valence-electron chi connectivity index (χ4n) is 2.70. The average molecular weight is 275 g/mol. The number of aliphatic hydroxyl groups is 1. The summed E-state index contributed by atoms with van der Waals surface area (Å²) in [5.41, 5.74) is 1.51. The van der Waals surface area contributed by atoms with E-state index in [2.05, 4.69) is 20.8 Å². The summed E-state index contributed by atoms with van der Waals surface area (Å²) >= 11 is 0. The zero-order valence-corrected chi connectivity index (χ0v) is 13.1. The Balaban J connectivity index is 2.23. The Labute approximate surface area is 121 Å². The average Bonchev–Trinajstić information content (AvgIpc) is 2.62. The number of likely N-dealkylation sites (tertiary alicyclic amines) is 1. The molecule has 1 aliphatic rings. The predicted molar refractivity (Wildman–Crippen MR) is 80.9 cm³/mol. The van der Waals surface area contributed by atoms with Gasteiger partial charge in [0.15, 0.2) is 0 Å². The quantitative estimate of drug-likeness (QED) is 0.856. The minimum atomic E-state index is -0.486. The molecule has 1 aromatic rings. The molecule has 1 unspecified atom stereocenters. The Hall–Kier alpha value is -1.35. The fraction of sp³-hybridized carbons (Fsp3) is 0.588. The number of nitrogens with zero attached hydrogens (tertiary/aromatic N) is 1. The summed E-state index contributed by atoms with van der Waals surface area (Å²) < 4.78 is 0. The lowest BCUT2D eigenvalue weighted by atomic mass is 9.86. The molecule has 20 heavy (non-hydrogen) atoms. The maximum Gasteiger partial charge on any atom is 0.254 e. The van der Waals surface area contributed by atoms with E-state index in [9.17, 15) is 9.90 Å². The first-order valence-corrected chi connectivity index (χ1v) is 7.24. The molecular formula is C17H25NO2. The molecule has 3 nitrogen and oxygen atoms in total. The van der Waals surface area contributed by atoms with Crippen LogP contribution in [0.5, 0.6) is 0 Å². The van der Waals surface area contributed by atoms with Crippen LogP contribution in [-0.4, -0.2) is 34.1 Å². The van der Waals surface area contributed by atoms with E-state index in [4.69, 9.17) is 0 Å². The molecule has 1 atom stereocenters. The van der Waals surface area contributed by atoms with Crippen LogP contribution < -0.4 is 0 Å². The molecule has 2 rings (SSSR count). The van der Waals surface area contributed by atoms with Crippen LogP contribution in [0, 0.1) is 0 Å². The van der Waals surface area contributed by atoms with Crippen molar-refractivity contribution < 1.29 is 9.90 Å². The number of carbonyl (C=O) groups excluding carboxylic acids is 1. The molecule has 1 aliphatic heterocycles. The molecule has 1 aromatic carbocycles. The van der Waals surface area contributed by atoms with E-state index in [1.807, 2.05) is 38.1 Å². The first-order chi connectivity index (χ1) is 9.14. The summed E-state index contributed by atoms with van der Waals surface area (Å²) in [6.07, 6.45) is 0.207. The van der Waals surface area contributed by atoms with Crippen molar-refractivity contribution in [3.63, 3.8) is 0 Å². The Morgan fingerprint density at radius 1 is 1.25 bits per heavy atom. The Morgan fingerprint density at radius 3 is 2.20 bits per heavy atom. The van der Waals surface area contributed by atoms with Gasteiger partial charge in [-0.3, -0.25) is 4.79 Å². The van der Waals surface area contributed by atoms with E-state index >= 15 is 0 Å². The molecule has 1 heterocycles. The lowest BCUT2D eigenvalue weighted by molar-refractivity contribution is 0.0394. The summed E-state index contributed by atoms with van der Waals surface area (Å²) in [5.74, 6) is 0.00649. The van der Waals surface area contributed by atoms with E-state index in [1.54, 1.807) is 4.90 Å². The van der Waals surface area contributed by atoms with E-state index in [0.717, 1.165) is 0 Å². The molecule has 3 heteroatoms. The van der Waals surface area contributed by atoms with E-state index in [1.165, 1.54) is 5.56 Å². The van der Waals surface area contributed by atoms with Crippen LogP contribution in [0.2, 0.25) is 0 Å². The Bertz CT molecular complexity index is 497. The maximum atomic E-state index is 12.6. The normalized spacial score (nSPS) is 22.1. The van der Waals surface area contributed by atoms with Gasteiger partial charge in [0.05, 0.1) is 11.6 Å². The molecule has 0 aliphatic carbocycles. The number of benzene rings is 1. The highest BCUT2D eigenvalue weighted by molar-refractivity contribution is 5.95. The highest BCUT2D eigenvalue weighted by Crippen LogP contribution is 2.31. The van der Waals surface area contributed by atoms with Crippen LogP contribution in [0.4, 0.5) is 0 Å². The third kappa shape index (κ3) is 2.59. The number of rotatable bonds is 1. The minimum absolute atomic E-state index is 0.00649. The molecule has 1 saturated heterocycles. The van der Waals surface area contributed by atoms with Crippen molar-refractivity contribution in [2.75, 3.05) is 6.54 Å². The largest absolute Gasteiger partial charge is 0.391 e. The van der Waals surface area contributed by atoms with Gasteiger partial charge in [-0.05, 0) is 43.4 Å². The Kier molecular flexibility index (Phi) is 3.67. The minimum Gasteiger partial charge on any atom is -0.391 e. The molecule has 0 saturated carbocycles. The molecule has 110 valence electrons. The van der Waals surface area contributed by atoms with Crippen molar-refractivity contribution in [1.82, 2.24) is 4.90 Å². The van der Waals surface area contributed by atoms with Crippen LogP contribution in [0.25, 0.3) is 0 Å². The lowest BCUT2D eigenvalue weighted by Crippen LogP contribution is -2.48. The molecule has 1 fully saturated rings. The Morgan fingerprint density at radius 2 is 1.80 bits per heavy atom. The molecule has 0 radical (unpaired) electrons. The van der Waals surface area contributed by atoms with Gasteiger partial charge >= 0.3 is 0 Å². The standard InChI is InChI=1S/C17H25NO2/c1-16(2,3)13-8-6-12(7-9-13)15(20)18-11-10-14(19)17(18,4)5/h6-9,14,19H,10-11H2,1-5H3. The molecule has 0 aromatic heterocycles. The van der Waals surface area contributed by atoms with Crippen LogP contribution in [0.1, 0.15) is 57.0 Å². The summed E-state index contributed by atoms with van der Waals surface area (Å²) in [6, 6.07) is 7.83. The van der Waals surface area contributed by atoms with Crippen LogP contribution in [0.15, 0.2) is 24.3 Å². The van der Waals surface area contributed by atoms with Crippen LogP contribution in [-0.2, 0) is 5.41 Å². The fourth-order valence-corrected chi connectivity index (χ4v) is 2.70. The second-order valence-corrected chi connectivity index (χ2v) is 7.24. The summed E-state index contributed by atoms with van der Waals surface area (Å²) in [6.45, 7) is 10.9. The van der Waals surface area contributed by atoms with Gasteiger partial charge in [0.1, 0.15) is 0 Å². The molecule has 0 bridgehead atoms. The number of aliphatic hydroxyl groups excluding tert-OH is 1. The van der Waals surface area contributed by atoms with Crippen LogP contribution >= 0.6 is 0 Å². The topological polar surface area (TPSA) is 40.5 Å². The van der Waals surface area contributed by atoms with Gasteiger partial charge in [-0.25, -0.2) is 0 Å². The number of hydrogen-bond donors (Lipinski definition) is 1. The molecule has 0 spiro atoms. The van der Waals surface area contributed by atoms with Gasteiger partial charge in [-0.2, -0.15) is 0 Å². The van der Waals surface area contributed by atoms with Crippen molar-refractivity contribution >= 4 is 5.91 Å². The van der Waals surface area contributed by atoms with Crippen molar-refractivity contribution in [2.45, 2.75) is 58.1 Å². The van der Waals surface area contributed by atoms with E-state index in [-0.39, 0.29) is 11.3 Å². The van der Waals surface area contributed by atoms with Gasteiger partial charge in [0.2, 0.25) is 0 Å². The van der Waals surface area contributed by atoms with Crippen molar-refractivity contribution in [2.24, 2.45) is 0 Å². The second kappa shape index (κ2) is 4.88. The van der Waals surface area contributed by atoms with Crippen LogP contribution in [0.3, 0.4) is 0 Å². The van der Waals surface area contributed by atoms with Gasteiger partial charge < -0.3 is 10.0 Å². The maximum absolute atomic E-state index is 12.6. The highest BCUT2D eigenvalue weighted by atomic mass is 16.3. The predicted octanol–water partition coefficient (Wildman–Crippen LogP) is 2.97. The molecule has 1 amide bonds. The zero-order valence-electron chi connectivity index (χ0n) is 13.1. The SMILES string of the molecule is CC(C)(C)c1ccc(C(=O)N2CCC(O)C2(C)C)cc1. The lowest BCUT2D eigenvalue weighted by Gasteiger charge is -2.34. The number of carbonyl (C=O) groups is 1. The molecular weight excluding hydrogens is 250 g/mol.